The highest BCUT2D eigenvalue weighted by Crippen LogP contribution is 2.67. The topological polar surface area (TPSA) is 68.2 Å². The molecule has 2 saturated heterocycles. The molecule has 0 unspecified atom stereocenters. The highest BCUT2D eigenvalue weighted by atomic mass is 16.6. The molecule has 0 amide bonds. The lowest BCUT2D eigenvalue weighted by atomic mass is 9.66. The maximum Gasteiger partial charge on any atom is 0.343 e. The van der Waals surface area contributed by atoms with Crippen molar-refractivity contribution in [1.29, 1.82) is 0 Å². The van der Waals surface area contributed by atoms with E-state index in [1.54, 1.807) is 14.0 Å². The van der Waals surface area contributed by atoms with Crippen LogP contribution in [0.1, 0.15) is 83.6 Å². The van der Waals surface area contributed by atoms with Gasteiger partial charge in [0.1, 0.15) is 5.76 Å². The second-order valence-corrected chi connectivity index (χ2v) is 13.5. The van der Waals surface area contributed by atoms with Crippen molar-refractivity contribution in [2.75, 3.05) is 13.7 Å². The Hall–Kier alpha value is -2.57. The third-order valence-electron chi connectivity index (χ3n) is 11.7. The average molecular weight is 560 g/mol. The number of carbonyl (C=O) groups is 1. The minimum atomic E-state index is -0.368. The van der Waals surface area contributed by atoms with Crippen LogP contribution in [0.25, 0.3) is 0 Å². The Bertz CT molecular complexity index is 1290. The first-order valence-electron chi connectivity index (χ1n) is 16.0. The normalized spacial score (nSPS) is 38.6. The Kier molecular flexibility index (Phi) is 6.86. The Labute approximate surface area is 244 Å². The molecule has 1 aromatic rings. The van der Waals surface area contributed by atoms with Crippen LogP contribution in [0.3, 0.4) is 0 Å². The largest absolute Gasteiger partial charge is 0.492 e. The summed E-state index contributed by atoms with van der Waals surface area (Å²) in [7, 11) is 1.58. The second-order valence-electron chi connectivity index (χ2n) is 13.5. The lowest BCUT2D eigenvalue weighted by Gasteiger charge is -2.52. The Morgan fingerprint density at radius 3 is 2.61 bits per heavy atom. The number of piperidine rings is 1. The number of aliphatic hydroxyl groups is 1. The summed E-state index contributed by atoms with van der Waals surface area (Å²) >= 11 is 0. The van der Waals surface area contributed by atoms with Crippen molar-refractivity contribution in [3.8, 4) is 0 Å². The summed E-state index contributed by atoms with van der Waals surface area (Å²) in [5.74, 6) is 3.96. The van der Waals surface area contributed by atoms with Crippen LogP contribution in [-0.4, -0.2) is 47.8 Å². The molecular weight excluding hydrogens is 514 g/mol. The molecule has 2 saturated carbocycles. The molecule has 41 heavy (non-hydrogen) atoms. The van der Waals surface area contributed by atoms with E-state index in [9.17, 15) is 9.90 Å². The minimum absolute atomic E-state index is 0.0266. The van der Waals surface area contributed by atoms with Crippen LogP contribution in [0, 0.1) is 29.1 Å². The molecule has 1 spiro atoms. The van der Waals surface area contributed by atoms with E-state index in [0.717, 1.165) is 31.6 Å². The number of cyclic esters (lactones) is 1. The van der Waals surface area contributed by atoms with E-state index in [4.69, 9.17) is 14.2 Å². The van der Waals surface area contributed by atoms with Gasteiger partial charge in [-0.05, 0) is 80.3 Å². The number of methoxy groups -OCH3 is 1. The van der Waals surface area contributed by atoms with Gasteiger partial charge in [-0.15, -0.1) is 0 Å². The van der Waals surface area contributed by atoms with E-state index < -0.39 is 0 Å². The van der Waals surface area contributed by atoms with Crippen LogP contribution in [0.5, 0.6) is 0 Å². The Morgan fingerprint density at radius 2 is 1.90 bits per heavy atom. The zero-order chi connectivity index (χ0) is 28.5. The number of benzene rings is 1. The van der Waals surface area contributed by atoms with Gasteiger partial charge in [-0.1, -0.05) is 57.0 Å². The van der Waals surface area contributed by atoms with Crippen LogP contribution in [-0.2, 0) is 19.0 Å². The fraction of sp³-hybridized carbons (Fsp3) is 0.629. The van der Waals surface area contributed by atoms with E-state index in [2.05, 4.69) is 55.2 Å². The molecule has 6 nitrogen and oxygen atoms in total. The maximum absolute atomic E-state index is 12.5. The SMILES string of the molecule is CC[C@H](O)[C@H]1[C@@H]2CC3(CCCC3)[C@H](c3ccccc3)[C@H]2C[C@@H]2[C@@H]3C(=CCCN12)OC(=C1OC(=O)C(C)=C1OC)[C@H]3C. The first kappa shape index (κ1) is 27.3. The van der Waals surface area contributed by atoms with Crippen molar-refractivity contribution in [2.24, 2.45) is 29.1 Å². The number of aliphatic hydroxyl groups excluding tert-OH is 1. The highest BCUT2D eigenvalue weighted by Gasteiger charge is 2.62. The van der Waals surface area contributed by atoms with E-state index in [1.807, 2.05) is 0 Å². The second kappa shape index (κ2) is 10.3. The number of rotatable bonds is 4. The van der Waals surface area contributed by atoms with Crippen molar-refractivity contribution in [3.63, 3.8) is 0 Å². The third kappa shape index (κ3) is 4.07. The van der Waals surface area contributed by atoms with Crippen LogP contribution >= 0.6 is 0 Å². The van der Waals surface area contributed by atoms with Crippen LogP contribution in [0.15, 0.2) is 65.0 Å². The predicted molar refractivity (Wildman–Crippen MR) is 156 cm³/mol. The number of hydrogen-bond donors (Lipinski definition) is 1. The fourth-order valence-corrected chi connectivity index (χ4v) is 10.2. The Balaban J connectivity index is 1.32. The summed E-state index contributed by atoms with van der Waals surface area (Å²) in [5.41, 5.74) is 2.31. The van der Waals surface area contributed by atoms with E-state index in [-0.39, 0.29) is 36.0 Å². The van der Waals surface area contributed by atoms with Crippen molar-refractivity contribution in [2.45, 2.75) is 96.2 Å². The van der Waals surface area contributed by atoms with Gasteiger partial charge in [0, 0.05) is 30.5 Å². The van der Waals surface area contributed by atoms with Gasteiger partial charge in [0.25, 0.3) is 0 Å². The van der Waals surface area contributed by atoms with Crippen LogP contribution < -0.4 is 0 Å². The molecule has 220 valence electrons. The molecule has 2 aliphatic carbocycles. The number of esters is 1. The van der Waals surface area contributed by atoms with Gasteiger partial charge >= 0.3 is 5.97 Å². The monoisotopic (exact) mass is 559 g/mol. The third-order valence-corrected chi connectivity index (χ3v) is 11.7. The van der Waals surface area contributed by atoms with Crippen LogP contribution in [0.2, 0.25) is 0 Å². The number of ether oxygens (including phenoxy) is 3. The summed E-state index contributed by atoms with van der Waals surface area (Å²) in [5, 5.41) is 11.7. The number of fused-ring (bicyclic) bond motifs is 4. The van der Waals surface area contributed by atoms with Crippen LogP contribution in [0.4, 0.5) is 0 Å². The number of nitrogens with zero attached hydrogens (tertiary/aromatic N) is 1. The first-order chi connectivity index (χ1) is 19.9. The van der Waals surface area contributed by atoms with Gasteiger partial charge in [-0.2, -0.15) is 0 Å². The highest BCUT2D eigenvalue weighted by molar-refractivity contribution is 5.93. The smallest absolute Gasteiger partial charge is 0.343 e. The van der Waals surface area contributed by atoms with E-state index in [1.165, 1.54) is 37.7 Å². The summed E-state index contributed by atoms with van der Waals surface area (Å²) in [6.45, 7) is 7.04. The quantitative estimate of drug-likeness (QED) is 0.428. The van der Waals surface area contributed by atoms with E-state index >= 15 is 0 Å². The summed E-state index contributed by atoms with van der Waals surface area (Å²) in [6, 6.07) is 11.7. The number of carbonyl (C=O) groups excluding carboxylic acids is 1. The Morgan fingerprint density at radius 1 is 1.15 bits per heavy atom. The van der Waals surface area contributed by atoms with Gasteiger partial charge in [0.15, 0.2) is 11.5 Å². The minimum Gasteiger partial charge on any atom is -0.492 e. The summed E-state index contributed by atoms with van der Waals surface area (Å²) in [6.07, 6.45) is 11.1. The standard InChI is InChI=1S/C35H45NO5/c1-5-26(37)30-24-19-35(15-9-10-16-35)29(22-12-7-6-8-13-22)23(24)18-25-28-20(2)32(40-27(28)14-11-17-36(25)30)33-31(39-4)21(3)34(38)41-33/h6-8,12-14,20,23-26,28-30,37H,5,9-11,15-19H2,1-4H3/t20-,23-,24+,25+,26-,28+,29+,30+/m0/s1. The summed E-state index contributed by atoms with van der Waals surface area (Å²) in [4.78, 5) is 15.2. The molecular formula is C35H45NO5. The predicted octanol–water partition coefficient (Wildman–Crippen LogP) is 6.44. The molecule has 0 bridgehead atoms. The molecule has 4 heterocycles. The molecule has 6 aliphatic rings. The summed E-state index contributed by atoms with van der Waals surface area (Å²) < 4.78 is 18.0. The van der Waals surface area contributed by atoms with Crippen molar-refractivity contribution in [1.82, 2.24) is 4.90 Å². The zero-order valence-corrected chi connectivity index (χ0v) is 25.0. The van der Waals surface area contributed by atoms with Gasteiger partial charge in [0.2, 0.25) is 5.76 Å². The first-order valence-corrected chi connectivity index (χ1v) is 16.0. The zero-order valence-electron chi connectivity index (χ0n) is 25.0. The molecule has 7 rings (SSSR count). The molecule has 1 N–H and O–H groups in total. The number of hydrogen-bond acceptors (Lipinski definition) is 6. The van der Waals surface area contributed by atoms with E-state index in [0.29, 0.717) is 46.0 Å². The molecule has 0 aromatic heterocycles. The van der Waals surface area contributed by atoms with Crippen molar-refractivity contribution < 1.29 is 24.1 Å². The van der Waals surface area contributed by atoms with Crippen molar-refractivity contribution in [3.05, 3.63) is 70.6 Å². The van der Waals surface area contributed by atoms with Gasteiger partial charge in [-0.3, -0.25) is 4.90 Å². The van der Waals surface area contributed by atoms with Gasteiger partial charge < -0.3 is 19.3 Å². The molecule has 1 aromatic carbocycles. The van der Waals surface area contributed by atoms with Gasteiger partial charge in [0.05, 0.1) is 18.8 Å². The molecule has 4 aliphatic heterocycles. The maximum atomic E-state index is 12.5. The fourth-order valence-electron chi connectivity index (χ4n) is 10.2. The lowest BCUT2D eigenvalue weighted by Crippen LogP contribution is -2.60. The van der Waals surface area contributed by atoms with Gasteiger partial charge in [-0.25, -0.2) is 4.79 Å². The average Bonchev–Trinajstić information content (AvgIpc) is 3.70. The lowest BCUT2D eigenvalue weighted by molar-refractivity contribution is -0.133. The molecule has 6 heteroatoms. The molecule has 4 fully saturated rings. The van der Waals surface area contributed by atoms with Crippen molar-refractivity contribution >= 4 is 5.97 Å². The molecule has 8 atom stereocenters. The number of allylic oxidation sites excluding steroid dienone is 1. The molecule has 0 radical (unpaired) electrons.